The zero-order valence-corrected chi connectivity index (χ0v) is 13.0. The standard InChI is InChI=1S/C17H24N2O2/c1-4-12(5-2)14(18)10-19-17(20)16-9-13-8-11(3)6-7-15(13)21-16/h6-9,12,14H,4-5,10,18H2,1-3H3,(H,19,20). The third-order valence-corrected chi connectivity index (χ3v) is 4.05. The zero-order chi connectivity index (χ0) is 15.4. The van der Waals surface area contributed by atoms with Crippen LogP contribution in [0.15, 0.2) is 28.7 Å². The minimum Gasteiger partial charge on any atom is -0.451 e. The van der Waals surface area contributed by atoms with E-state index in [0.717, 1.165) is 29.4 Å². The molecule has 2 aromatic rings. The molecule has 0 saturated heterocycles. The van der Waals surface area contributed by atoms with Gasteiger partial charge in [-0.1, -0.05) is 38.3 Å². The first kappa shape index (κ1) is 15.6. The van der Waals surface area contributed by atoms with Crippen LogP contribution in [0.2, 0.25) is 0 Å². The van der Waals surface area contributed by atoms with Crippen molar-refractivity contribution in [3.05, 3.63) is 35.6 Å². The van der Waals surface area contributed by atoms with Crippen LogP contribution in [0.3, 0.4) is 0 Å². The highest BCUT2D eigenvalue weighted by atomic mass is 16.3. The fraction of sp³-hybridized carbons (Fsp3) is 0.471. The van der Waals surface area contributed by atoms with Gasteiger partial charge in [0.25, 0.3) is 5.91 Å². The molecule has 4 heteroatoms. The van der Waals surface area contributed by atoms with Crippen LogP contribution in [-0.4, -0.2) is 18.5 Å². The molecule has 1 amide bonds. The topological polar surface area (TPSA) is 68.3 Å². The first-order valence-electron chi connectivity index (χ1n) is 7.59. The van der Waals surface area contributed by atoms with E-state index in [1.54, 1.807) is 6.07 Å². The number of amides is 1. The van der Waals surface area contributed by atoms with E-state index in [0.29, 0.717) is 18.2 Å². The van der Waals surface area contributed by atoms with E-state index in [1.807, 2.05) is 25.1 Å². The molecule has 1 aromatic carbocycles. The molecule has 1 atom stereocenters. The highest BCUT2D eigenvalue weighted by Crippen LogP contribution is 2.20. The highest BCUT2D eigenvalue weighted by molar-refractivity contribution is 5.96. The summed E-state index contributed by atoms with van der Waals surface area (Å²) in [7, 11) is 0. The maximum Gasteiger partial charge on any atom is 0.287 e. The summed E-state index contributed by atoms with van der Waals surface area (Å²) < 4.78 is 5.58. The monoisotopic (exact) mass is 288 g/mol. The van der Waals surface area contributed by atoms with Crippen molar-refractivity contribution in [3.8, 4) is 0 Å². The Kier molecular flexibility index (Phi) is 5.02. The summed E-state index contributed by atoms with van der Waals surface area (Å²) in [4.78, 5) is 12.1. The number of furan rings is 1. The summed E-state index contributed by atoms with van der Waals surface area (Å²) in [6.45, 7) is 6.73. The number of carbonyl (C=O) groups excluding carboxylic acids is 1. The number of carbonyl (C=O) groups is 1. The second kappa shape index (κ2) is 6.76. The fourth-order valence-electron chi connectivity index (χ4n) is 2.63. The molecular formula is C17H24N2O2. The summed E-state index contributed by atoms with van der Waals surface area (Å²) in [6.07, 6.45) is 2.05. The molecule has 4 nitrogen and oxygen atoms in total. The molecular weight excluding hydrogens is 264 g/mol. The highest BCUT2D eigenvalue weighted by Gasteiger charge is 2.17. The molecule has 114 valence electrons. The van der Waals surface area contributed by atoms with E-state index in [4.69, 9.17) is 10.2 Å². The third-order valence-electron chi connectivity index (χ3n) is 4.05. The Balaban J connectivity index is 2.02. The number of hydrogen-bond donors (Lipinski definition) is 2. The normalized spacial score (nSPS) is 12.8. The summed E-state index contributed by atoms with van der Waals surface area (Å²) >= 11 is 0. The first-order chi connectivity index (χ1) is 10.0. The second-order valence-corrected chi connectivity index (χ2v) is 5.60. The van der Waals surface area contributed by atoms with Crippen molar-refractivity contribution in [1.29, 1.82) is 0 Å². The molecule has 1 aromatic heterocycles. The van der Waals surface area contributed by atoms with E-state index in [9.17, 15) is 4.79 Å². The van der Waals surface area contributed by atoms with E-state index < -0.39 is 0 Å². The van der Waals surface area contributed by atoms with Gasteiger partial charge in [-0.2, -0.15) is 0 Å². The molecule has 0 aliphatic heterocycles. The third kappa shape index (κ3) is 3.64. The summed E-state index contributed by atoms with van der Waals surface area (Å²) in [5, 5.41) is 3.81. The number of fused-ring (bicyclic) bond motifs is 1. The van der Waals surface area contributed by atoms with Gasteiger partial charge in [-0.15, -0.1) is 0 Å². The summed E-state index contributed by atoms with van der Waals surface area (Å²) in [5.74, 6) is 0.571. The molecule has 0 saturated carbocycles. The van der Waals surface area contributed by atoms with Gasteiger partial charge >= 0.3 is 0 Å². The Morgan fingerprint density at radius 3 is 2.67 bits per heavy atom. The van der Waals surface area contributed by atoms with Crippen LogP contribution in [-0.2, 0) is 0 Å². The van der Waals surface area contributed by atoms with E-state index in [2.05, 4.69) is 19.2 Å². The summed E-state index contributed by atoms with van der Waals surface area (Å²) in [5.41, 5.74) is 7.99. The van der Waals surface area contributed by atoms with Crippen LogP contribution in [0, 0.1) is 12.8 Å². The van der Waals surface area contributed by atoms with Gasteiger partial charge < -0.3 is 15.5 Å². The second-order valence-electron chi connectivity index (χ2n) is 5.60. The lowest BCUT2D eigenvalue weighted by Crippen LogP contribution is -2.41. The molecule has 3 N–H and O–H groups in total. The molecule has 2 rings (SSSR count). The van der Waals surface area contributed by atoms with Crippen LogP contribution in [0.1, 0.15) is 42.8 Å². The largest absolute Gasteiger partial charge is 0.451 e. The van der Waals surface area contributed by atoms with Gasteiger partial charge in [0.1, 0.15) is 5.58 Å². The molecule has 1 unspecified atom stereocenters. The van der Waals surface area contributed by atoms with Crippen molar-refractivity contribution in [3.63, 3.8) is 0 Å². The van der Waals surface area contributed by atoms with Crippen molar-refractivity contribution in [2.75, 3.05) is 6.54 Å². The molecule has 0 fully saturated rings. The van der Waals surface area contributed by atoms with Crippen LogP contribution in [0.5, 0.6) is 0 Å². The maximum atomic E-state index is 12.1. The maximum absolute atomic E-state index is 12.1. The average molecular weight is 288 g/mol. The van der Waals surface area contributed by atoms with Gasteiger partial charge in [0.15, 0.2) is 5.76 Å². The van der Waals surface area contributed by atoms with Crippen molar-refractivity contribution < 1.29 is 9.21 Å². The van der Waals surface area contributed by atoms with Crippen molar-refractivity contribution in [2.45, 2.75) is 39.7 Å². The molecule has 21 heavy (non-hydrogen) atoms. The molecule has 0 bridgehead atoms. The lowest BCUT2D eigenvalue weighted by Gasteiger charge is -2.21. The predicted octanol–water partition coefficient (Wildman–Crippen LogP) is 3.23. The van der Waals surface area contributed by atoms with Crippen molar-refractivity contribution >= 4 is 16.9 Å². The molecule has 0 aliphatic carbocycles. The SMILES string of the molecule is CCC(CC)C(N)CNC(=O)c1cc2cc(C)ccc2o1. The van der Waals surface area contributed by atoms with Gasteiger partial charge in [0, 0.05) is 18.0 Å². The molecule has 0 radical (unpaired) electrons. The van der Waals surface area contributed by atoms with Crippen LogP contribution in [0.25, 0.3) is 11.0 Å². The Bertz CT molecular complexity index is 614. The van der Waals surface area contributed by atoms with Crippen LogP contribution in [0.4, 0.5) is 0 Å². The van der Waals surface area contributed by atoms with Gasteiger partial charge in [-0.3, -0.25) is 4.79 Å². The zero-order valence-electron chi connectivity index (χ0n) is 13.0. The summed E-state index contributed by atoms with van der Waals surface area (Å²) in [6, 6.07) is 7.62. The number of hydrogen-bond acceptors (Lipinski definition) is 3. The number of nitrogens with two attached hydrogens (primary N) is 1. The minimum atomic E-state index is -0.203. The Labute approximate surface area is 125 Å². The van der Waals surface area contributed by atoms with Gasteiger partial charge in [-0.25, -0.2) is 0 Å². The number of benzene rings is 1. The lowest BCUT2D eigenvalue weighted by atomic mass is 9.95. The van der Waals surface area contributed by atoms with Crippen molar-refractivity contribution in [1.82, 2.24) is 5.32 Å². The smallest absolute Gasteiger partial charge is 0.287 e. The quantitative estimate of drug-likeness (QED) is 0.857. The van der Waals surface area contributed by atoms with E-state index in [1.165, 1.54) is 0 Å². The van der Waals surface area contributed by atoms with Gasteiger partial charge in [-0.05, 0) is 31.0 Å². The number of aryl methyl sites for hydroxylation is 1. The van der Waals surface area contributed by atoms with E-state index in [-0.39, 0.29) is 11.9 Å². The van der Waals surface area contributed by atoms with Crippen molar-refractivity contribution in [2.24, 2.45) is 11.7 Å². The fourth-order valence-corrected chi connectivity index (χ4v) is 2.63. The first-order valence-corrected chi connectivity index (χ1v) is 7.59. The van der Waals surface area contributed by atoms with Gasteiger partial charge in [0.2, 0.25) is 0 Å². The minimum absolute atomic E-state index is 0.0180. The molecule has 0 aliphatic rings. The van der Waals surface area contributed by atoms with Crippen LogP contribution < -0.4 is 11.1 Å². The van der Waals surface area contributed by atoms with Crippen LogP contribution >= 0.6 is 0 Å². The predicted molar refractivity (Wildman–Crippen MR) is 85.3 cm³/mol. The molecule has 0 spiro atoms. The average Bonchev–Trinajstić information content (AvgIpc) is 2.89. The molecule has 1 heterocycles. The Morgan fingerprint density at radius 2 is 2.00 bits per heavy atom. The van der Waals surface area contributed by atoms with Gasteiger partial charge in [0.05, 0.1) is 0 Å². The number of nitrogens with one attached hydrogen (secondary N) is 1. The van der Waals surface area contributed by atoms with E-state index >= 15 is 0 Å². The lowest BCUT2D eigenvalue weighted by molar-refractivity contribution is 0.0922. The Morgan fingerprint density at radius 1 is 1.29 bits per heavy atom. The number of rotatable bonds is 6. The Hall–Kier alpha value is -1.81.